The second-order valence-electron chi connectivity index (χ2n) is 7.70. The van der Waals surface area contributed by atoms with E-state index < -0.39 is 0 Å². The Labute approximate surface area is 170 Å². The Balaban J connectivity index is 1.64. The van der Waals surface area contributed by atoms with Gasteiger partial charge in [0, 0.05) is 26.8 Å². The van der Waals surface area contributed by atoms with Crippen molar-refractivity contribution in [1.29, 1.82) is 0 Å². The molecule has 28 heavy (non-hydrogen) atoms. The molecule has 1 aliphatic rings. The summed E-state index contributed by atoms with van der Waals surface area (Å²) < 4.78 is 17.0. The summed E-state index contributed by atoms with van der Waals surface area (Å²) in [6, 6.07) is 8.40. The summed E-state index contributed by atoms with van der Waals surface area (Å²) in [5, 5.41) is 6.77. The Morgan fingerprint density at radius 3 is 2.68 bits per heavy atom. The third kappa shape index (κ3) is 8.48. The SMILES string of the molecule is CN=C(NCCCOCC1CCCO1)NC(C)c1ccc(OCC(C)C)cc1. The van der Waals surface area contributed by atoms with Crippen LogP contribution in [0.4, 0.5) is 0 Å². The molecule has 2 N–H and O–H groups in total. The number of hydrogen-bond acceptors (Lipinski definition) is 4. The van der Waals surface area contributed by atoms with E-state index in [9.17, 15) is 0 Å². The fourth-order valence-electron chi connectivity index (χ4n) is 2.97. The van der Waals surface area contributed by atoms with Gasteiger partial charge in [-0.3, -0.25) is 4.99 Å². The summed E-state index contributed by atoms with van der Waals surface area (Å²) in [5.41, 5.74) is 1.19. The molecule has 0 saturated carbocycles. The van der Waals surface area contributed by atoms with Gasteiger partial charge in [-0.15, -0.1) is 0 Å². The van der Waals surface area contributed by atoms with E-state index >= 15 is 0 Å². The molecule has 0 amide bonds. The van der Waals surface area contributed by atoms with Crippen molar-refractivity contribution in [2.75, 3.05) is 40.0 Å². The number of benzene rings is 1. The molecule has 0 bridgehead atoms. The molecule has 6 nitrogen and oxygen atoms in total. The second kappa shape index (κ2) is 12.6. The van der Waals surface area contributed by atoms with E-state index in [1.54, 1.807) is 7.05 Å². The van der Waals surface area contributed by atoms with Gasteiger partial charge < -0.3 is 24.8 Å². The largest absolute Gasteiger partial charge is 0.493 e. The van der Waals surface area contributed by atoms with Crippen molar-refractivity contribution in [1.82, 2.24) is 10.6 Å². The molecule has 1 aromatic carbocycles. The third-order valence-corrected chi connectivity index (χ3v) is 4.63. The highest BCUT2D eigenvalue weighted by molar-refractivity contribution is 5.80. The van der Waals surface area contributed by atoms with Crippen LogP contribution in [0.15, 0.2) is 29.3 Å². The van der Waals surface area contributed by atoms with Crippen LogP contribution in [0.1, 0.15) is 51.6 Å². The van der Waals surface area contributed by atoms with E-state index in [0.29, 0.717) is 18.6 Å². The predicted molar refractivity (Wildman–Crippen MR) is 114 cm³/mol. The number of ether oxygens (including phenoxy) is 3. The fourth-order valence-corrected chi connectivity index (χ4v) is 2.97. The molecule has 1 saturated heterocycles. The number of hydrogen-bond donors (Lipinski definition) is 2. The van der Waals surface area contributed by atoms with Crippen molar-refractivity contribution in [3.05, 3.63) is 29.8 Å². The summed E-state index contributed by atoms with van der Waals surface area (Å²) in [7, 11) is 1.79. The van der Waals surface area contributed by atoms with Crippen LogP contribution in [-0.2, 0) is 9.47 Å². The topological polar surface area (TPSA) is 64.1 Å². The Hall–Kier alpha value is -1.79. The maximum absolute atomic E-state index is 5.75. The summed E-state index contributed by atoms with van der Waals surface area (Å²) in [5.74, 6) is 2.23. The molecular weight excluding hydrogens is 354 g/mol. The van der Waals surface area contributed by atoms with Crippen LogP contribution in [0, 0.1) is 5.92 Å². The molecule has 6 heteroatoms. The molecule has 1 heterocycles. The molecule has 0 aromatic heterocycles. The van der Waals surface area contributed by atoms with Gasteiger partial charge in [0.05, 0.1) is 25.4 Å². The highest BCUT2D eigenvalue weighted by atomic mass is 16.5. The van der Waals surface area contributed by atoms with Crippen LogP contribution in [0.3, 0.4) is 0 Å². The van der Waals surface area contributed by atoms with Crippen molar-refractivity contribution in [2.24, 2.45) is 10.9 Å². The van der Waals surface area contributed by atoms with Gasteiger partial charge in [0.25, 0.3) is 0 Å². The van der Waals surface area contributed by atoms with Gasteiger partial charge in [-0.25, -0.2) is 0 Å². The van der Waals surface area contributed by atoms with E-state index in [1.165, 1.54) is 5.56 Å². The van der Waals surface area contributed by atoms with Crippen molar-refractivity contribution >= 4 is 5.96 Å². The monoisotopic (exact) mass is 391 g/mol. The van der Waals surface area contributed by atoms with Crippen LogP contribution in [0.25, 0.3) is 0 Å². The average molecular weight is 392 g/mol. The van der Waals surface area contributed by atoms with E-state index in [4.69, 9.17) is 14.2 Å². The van der Waals surface area contributed by atoms with Gasteiger partial charge in [-0.2, -0.15) is 0 Å². The first-order valence-corrected chi connectivity index (χ1v) is 10.5. The lowest BCUT2D eigenvalue weighted by molar-refractivity contribution is 0.0168. The highest BCUT2D eigenvalue weighted by Crippen LogP contribution is 2.18. The molecule has 158 valence electrons. The highest BCUT2D eigenvalue weighted by Gasteiger charge is 2.15. The van der Waals surface area contributed by atoms with Crippen molar-refractivity contribution in [2.45, 2.75) is 52.2 Å². The maximum Gasteiger partial charge on any atom is 0.191 e. The van der Waals surface area contributed by atoms with Crippen LogP contribution in [0.2, 0.25) is 0 Å². The van der Waals surface area contributed by atoms with Crippen LogP contribution >= 0.6 is 0 Å². The zero-order valence-electron chi connectivity index (χ0n) is 17.9. The van der Waals surface area contributed by atoms with Crippen molar-refractivity contribution in [3.8, 4) is 5.75 Å². The third-order valence-electron chi connectivity index (χ3n) is 4.63. The molecule has 0 spiro atoms. The van der Waals surface area contributed by atoms with Gasteiger partial charge in [0.2, 0.25) is 0 Å². The molecule has 2 rings (SSSR count). The van der Waals surface area contributed by atoms with Crippen molar-refractivity contribution < 1.29 is 14.2 Å². The molecule has 0 radical (unpaired) electrons. The maximum atomic E-state index is 5.75. The van der Waals surface area contributed by atoms with Gasteiger partial charge in [0.15, 0.2) is 5.96 Å². The summed E-state index contributed by atoms with van der Waals surface area (Å²) in [6.45, 7) is 10.3. The fraction of sp³-hybridized carbons (Fsp3) is 0.682. The Bertz CT molecular complexity index is 569. The molecule has 0 aliphatic carbocycles. The van der Waals surface area contributed by atoms with Crippen LogP contribution in [-0.4, -0.2) is 52.1 Å². The summed E-state index contributed by atoms with van der Waals surface area (Å²) in [4.78, 5) is 4.31. The first-order chi connectivity index (χ1) is 13.6. The van der Waals surface area contributed by atoms with Crippen LogP contribution in [0.5, 0.6) is 5.75 Å². The molecule has 1 fully saturated rings. The number of nitrogens with one attached hydrogen (secondary N) is 2. The van der Waals surface area contributed by atoms with Gasteiger partial charge in [0.1, 0.15) is 5.75 Å². The molecule has 1 aromatic rings. The lowest BCUT2D eigenvalue weighted by Gasteiger charge is -2.19. The minimum absolute atomic E-state index is 0.154. The quantitative estimate of drug-likeness (QED) is 0.343. The number of aliphatic imine (C=N–C) groups is 1. The number of rotatable bonds is 11. The standard InChI is InChI=1S/C22H37N3O3/c1-17(2)15-28-20-10-8-19(9-11-20)18(3)25-22(23-4)24-12-6-13-26-16-21-7-5-14-27-21/h8-11,17-18,21H,5-7,12-16H2,1-4H3,(H2,23,24,25). The van der Waals surface area contributed by atoms with Crippen molar-refractivity contribution in [3.63, 3.8) is 0 Å². The number of guanidine groups is 1. The minimum Gasteiger partial charge on any atom is -0.493 e. The molecular formula is C22H37N3O3. The summed E-state index contributed by atoms with van der Waals surface area (Å²) >= 11 is 0. The van der Waals surface area contributed by atoms with E-state index in [0.717, 1.165) is 57.3 Å². The molecule has 2 unspecified atom stereocenters. The van der Waals surface area contributed by atoms with Crippen LogP contribution < -0.4 is 15.4 Å². The average Bonchev–Trinajstić information content (AvgIpc) is 3.21. The smallest absolute Gasteiger partial charge is 0.191 e. The lowest BCUT2D eigenvalue weighted by atomic mass is 10.1. The molecule has 2 atom stereocenters. The first-order valence-electron chi connectivity index (χ1n) is 10.5. The zero-order valence-corrected chi connectivity index (χ0v) is 17.9. The normalized spacial score (nSPS) is 18.3. The predicted octanol–water partition coefficient (Wildman–Crippen LogP) is 3.53. The van der Waals surface area contributed by atoms with E-state index in [-0.39, 0.29) is 6.04 Å². The zero-order chi connectivity index (χ0) is 20.2. The second-order valence-corrected chi connectivity index (χ2v) is 7.70. The summed E-state index contributed by atoms with van der Waals surface area (Å²) in [6.07, 6.45) is 3.51. The Morgan fingerprint density at radius 1 is 1.25 bits per heavy atom. The minimum atomic E-state index is 0.154. The van der Waals surface area contributed by atoms with Gasteiger partial charge in [-0.05, 0) is 49.8 Å². The lowest BCUT2D eigenvalue weighted by Crippen LogP contribution is -2.39. The molecule has 1 aliphatic heterocycles. The Kier molecular flexibility index (Phi) is 10.1. The Morgan fingerprint density at radius 2 is 2.04 bits per heavy atom. The van der Waals surface area contributed by atoms with E-state index in [1.807, 2.05) is 12.1 Å². The van der Waals surface area contributed by atoms with Gasteiger partial charge in [-0.1, -0.05) is 26.0 Å². The van der Waals surface area contributed by atoms with Gasteiger partial charge >= 0.3 is 0 Å². The number of nitrogens with zero attached hydrogens (tertiary/aromatic N) is 1. The first kappa shape index (κ1) is 22.5. The van der Waals surface area contributed by atoms with E-state index in [2.05, 4.69) is 48.5 Å².